The fraction of sp³-hybridized carbons (Fsp3) is 0.750. The molecule has 0 spiro atoms. The van der Waals surface area contributed by atoms with Crippen molar-refractivity contribution in [2.75, 3.05) is 40.4 Å². The second-order valence-corrected chi connectivity index (χ2v) is 4.09. The summed E-state index contributed by atoms with van der Waals surface area (Å²) in [6.45, 7) is 3.19. The SMILES string of the molecule is CNCCCC(=O)N1CC=C(COC)CC1. The summed E-state index contributed by atoms with van der Waals surface area (Å²) in [5.41, 5.74) is 1.31. The highest BCUT2D eigenvalue weighted by molar-refractivity contribution is 5.76. The van der Waals surface area contributed by atoms with Crippen molar-refractivity contribution in [3.05, 3.63) is 11.6 Å². The van der Waals surface area contributed by atoms with Crippen LogP contribution in [0.4, 0.5) is 0 Å². The van der Waals surface area contributed by atoms with E-state index in [0.717, 1.165) is 32.5 Å². The van der Waals surface area contributed by atoms with Crippen molar-refractivity contribution in [1.82, 2.24) is 10.2 Å². The van der Waals surface area contributed by atoms with E-state index < -0.39 is 0 Å². The zero-order chi connectivity index (χ0) is 11.8. The molecule has 0 aromatic rings. The van der Waals surface area contributed by atoms with Gasteiger partial charge >= 0.3 is 0 Å². The lowest BCUT2D eigenvalue weighted by Crippen LogP contribution is -2.35. The average Bonchev–Trinajstić information content (AvgIpc) is 2.30. The second kappa shape index (κ2) is 7.41. The Morgan fingerprint density at radius 2 is 2.44 bits per heavy atom. The molecule has 0 unspecified atom stereocenters. The Balaban J connectivity index is 2.27. The van der Waals surface area contributed by atoms with Crippen LogP contribution in [0.15, 0.2) is 11.6 Å². The topological polar surface area (TPSA) is 41.6 Å². The number of methoxy groups -OCH3 is 1. The second-order valence-electron chi connectivity index (χ2n) is 4.09. The van der Waals surface area contributed by atoms with Crippen LogP contribution in [0.3, 0.4) is 0 Å². The van der Waals surface area contributed by atoms with Crippen LogP contribution in [0.1, 0.15) is 19.3 Å². The van der Waals surface area contributed by atoms with E-state index in [9.17, 15) is 4.79 Å². The molecule has 1 aliphatic heterocycles. The van der Waals surface area contributed by atoms with E-state index in [1.54, 1.807) is 7.11 Å². The summed E-state index contributed by atoms with van der Waals surface area (Å²) in [6.07, 6.45) is 4.63. The highest BCUT2D eigenvalue weighted by Crippen LogP contribution is 2.12. The third-order valence-corrected chi connectivity index (χ3v) is 2.80. The first-order valence-electron chi connectivity index (χ1n) is 5.87. The van der Waals surface area contributed by atoms with Gasteiger partial charge in [0.2, 0.25) is 5.91 Å². The standard InChI is InChI=1S/C12H22N2O2/c1-13-7-3-4-12(15)14-8-5-11(6-9-14)10-16-2/h5,13H,3-4,6-10H2,1-2H3. The quantitative estimate of drug-likeness (QED) is 0.538. The lowest BCUT2D eigenvalue weighted by atomic mass is 10.1. The molecule has 4 nitrogen and oxygen atoms in total. The molecule has 1 amide bonds. The van der Waals surface area contributed by atoms with Gasteiger partial charge in [0.25, 0.3) is 0 Å². The molecule has 1 aliphatic rings. The Morgan fingerprint density at radius 1 is 1.62 bits per heavy atom. The Morgan fingerprint density at radius 3 is 3.00 bits per heavy atom. The molecule has 0 fully saturated rings. The number of amides is 1. The number of carbonyl (C=O) groups excluding carboxylic acids is 1. The van der Waals surface area contributed by atoms with E-state index in [2.05, 4.69) is 11.4 Å². The van der Waals surface area contributed by atoms with Crippen molar-refractivity contribution in [2.24, 2.45) is 0 Å². The van der Waals surface area contributed by atoms with Crippen LogP contribution >= 0.6 is 0 Å². The summed E-state index contributed by atoms with van der Waals surface area (Å²) in [4.78, 5) is 13.7. The van der Waals surface area contributed by atoms with Gasteiger partial charge in [-0.3, -0.25) is 4.79 Å². The molecule has 0 aromatic carbocycles. The van der Waals surface area contributed by atoms with Crippen LogP contribution in [0, 0.1) is 0 Å². The van der Waals surface area contributed by atoms with Crippen LogP contribution < -0.4 is 5.32 Å². The Labute approximate surface area is 97.6 Å². The first-order valence-corrected chi connectivity index (χ1v) is 5.87. The van der Waals surface area contributed by atoms with Crippen molar-refractivity contribution in [3.8, 4) is 0 Å². The molecule has 0 saturated heterocycles. The van der Waals surface area contributed by atoms with E-state index in [0.29, 0.717) is 13.0 Å². The summed E-state index contributed by atoms with van der Waals surface area (Å²) in [6, 6.07) is 0. The van der Waals surface area contributed by atoms with Gasteiger partial charge < -0.3 is 15.0 Å². The fourth-order valence-electron chi connectivity index (χ4n) is 1.83. The van der Waals surface area contributed by atoms with Crippen molar-refractivity contribution >= 4 is 5.91 Å². The summed E-state index contributed by atoms with van der Waals surface area (Å²) in [5, 5.41) is 3.05. The van der Waals surface area contributed by atoms with Crippen LogP contribution in [0.5, 0.6) is 0 Å². The summed E-state index contributed by atoms with van der Waals surface area (Å²) >= 11 is 0. The highest BCUT2D eigenvalue weighted by Gasteiger charge is 2.16. The zero-order valence-electron chi connectivity index (χ0n) is 10.3. The Hall–Kier alpha value is -0.870. The monoisotopic (exact) mass is 226 g/mol. The lowest BCUT2D eigenvalue weighted by Gasteiger charge is -2.26. The van der Waals surface area contributed by atoms with Crippen molar-refractivity contribution in [2.45, 2.75) is 19.3 Å². The van der Waals surface area contributed by atoms with E-state index in [1.807, 2.05) is 11.9 Å². The molecule has 1 N–H and O–H groups in total. The van der Waals surface area contributed by atoms with Gasteiger partial charge in [0.05, 0.1) is 6.61 Å². The van der Waals surface area contributed by atoms with Gasteiger partial charge in [-0.1, -0.05) is 6.08 Å². The molecule has 92 valence electrons. The normalized spacial score (nSPS) is 16.1. The first-order chi connectivity index (χ1) is 7.77. The van der Waals surface area contributed by atoms with E-state index in [-0.39, 0.29) is 5.91 Å². The van der Waals surface area contributed by atoms with Crippen LogP contribution in [-0.4, -0.2) is 51.2 Å². The van der Waals surface area contributed by atoms with Gasteiger partial charge in [-0.25, -0.2) is 0 Å². The highest BCUT2D eigenvalue weighted by atomic mass is 16.5. The minimum Gasteiger partial charge on any atom is -0.380 e. The van der Waals surface area contributed by atoms with Gasteiger partial charge in [0.15, 0.2) is 0 Å². The van der Waals surface area contributed by atoms with Gasteiger partial charge in [0, 0.05) is 26.6 Å². The van der Waals surface area contributed by atoms with Crippen molar-refractivity contribution in [1.29, 1.82) is 0 Å². The fourth-order valence-corrected chi connectivity index (χ4v) is 1.83. The maximum absolute atomic E-state index is 11.8. The third kappa shape index (κ3) is 4.33. The van der Waals surface area contributed by atoms with Crippen LogP contribution in [0.2, 0.25) is 0 Å². The molecule has 16 heavy (non-hydrogen) atoms. The van der Waals surface area contributed by atoms with Crippen LogP contribution in [0.25, 0.3) is 0 Å². The van der Waals surface area contributed by atoms with E-state index in [4.69, 9.17) is 4.74 Å². The molecular formula is C12H22N2O2. The molecule has 0 aromatic heterocycles. The molecule has 4 heteroatoms. The number of carbonyl (C=O) groups is 1. The van der Waals surface area contributed by atoms with Gasteiger partial charge in [0.1, 0.15) is 0 Å². The predicted molar refractivity (Wildman–Crippen MR) is 64.3 cm³/mol. The van der Waals surface area contributed by atoms with Crippen molar-refractivity contribution in [3.63, 3.8) is 0 Å². The number of ether oxygens (including phenoxy) is 1. The largest absolute Gasteiger partial charge is 0.380 e. The third-order valence-electron chi connectivity index (χ3n) is 2.80. The maximum atomic E-state index is 11.8. The number of nitrogens with zero attached hydrogens (tertiary/aromatic N) is 1. The molecule has 0 bridgehead atoms. The van der Waals surface area contributed by atoms with E-state index >= 15 is 0 Å². The Bertz CT molecular complexity index is 251. The van der Waals surface area contributed by atoms with E-state index in [1.165, 1.54) is 5.57 Å². The van der Waals surface area contributed by atoms with Gasteiger partial charge in [-0.2, -0.15) is 0 Å². The number of nitrogens with one attached hydrogen (secondary N) is 1. The van der Waals surface area contributed by atoms with Gasteiger partial charge in [-0.15, -0.1) is 0 Å². The average molecular weight is 226 g/mol. The summed E-state index contributed by atoms with van der Waals surface area (Å²) in [7, 11) is 3.61. The maximum Gasteiger partial charge on any atom is 0.222 e. The molecular weight excluding hydrogens is 204 g/mol. The molecule has 0 saturated carbocycles. The summed E-state index contributed by atoms with van der Waals surface area (Å²) < 4.78 is 5.08. The minimum absolute atomic E-state index is 0.267. The number of hydrogen-bond acceptors (Lipinski definition) is 3. The summed E-state index contributed by atoms with van der Waals surface area (Å²) in [5.74, 6) is 0.267. The first kappa shape index (κ1) is 13.2. The molecule has 1 heterocycles. The van der Waals surface area contributed by atoms with Gasteiger partial charge in [-0.05, 0) is 32.0 Å². The lowest BCUT2D eigenvalue weighted by molar-refractivity contribution is -0.131. The zero-order valence-corrected chi connectivity index (χ0v) is 10.3. The predicted octanol–water partition coefficient (Wildman–Crippen LogP) is 0.791. The molecule has 0 radical (unpaired) electrons. The minimum atomic E-state index is 0.267. The molecule has 0 atom stereocenters. The van der Waals surface area contributed by atoms with Crippen molar-refractivity contribution < 1.29 is 9.53 Å². The Kier molecular flexibility index (Phi) is 6.11. The van der Waals surface area contributed by atoms with Crippen LogP contribution in [-0.2, 0) is 9.53 Å². The number of rotatable bonds is 6. The number of hydrogen-bond donors (Lipinski definition) is 1. The molecule has 1 rings (SSSR count). The smallest absolute Gasteiger partial charge is 0.222 e. The molecule has 0 aliphatic carbocycles.